The number of carbonyl (C=O) groups is 2. The van der Waals surface area contributed by atoms with Crippen molar-refractivity contribution in [2.24, 2.45) is 5.92 Å². The van der Waals surface area contributed by atoms with Crippen LogP contribution < -0.4 is 9.62 Å². The molecule has 0 aromatic heterocycles. The van der Waals surface area contributed by atoms with Gasteiger partial charge in [0, 0.05) is 17.6 Å². The minimum atomic E-state index is -4.08. The average molecular weight is 615 g/mol. The van der Waals surface area contributed by atoms with Gasteiger partial charge in [-0.1, -0.05) is 66.2 Å². The molecule has 0 saturated carbocycles. The van der Waals surface area contributed by atoms with Gasteiger partial charge in [0.2, 0.25) is 11.8 Å². The topological polar surface area (TPSA) is 86.8 Å². The van der Waals surface area contributed by atoms with Gasteiger partial charge in [-0.25, -0.2) is 8.42 Å². The van der Waals surface area contributed by atoms with Gasteiger partial charge in [0.25, 0.3) is 10.0 Å². The summed E-state index contributed by atoms with van der Waals surface area (Å²) in [4.78, 5) is 28.5. The standard InChI is InChI=1S/C30H36BrN3O4S/c1-21(2)18-32-30(36)24(5)33(19-25-11-13-26(31)14-12-25)29(35)20-34(27-16-22(3)15-23(4)17-27)39(37,38)28-9-7-6-8-10-28/h6-17,21,24H,18-20H2,1-5H3,(H,32,36). The maximum Gasteiger partial charge on any atom is 0.264 e. The van der Waals surface area contributed by atoms with E-state index in [1.54, 1.807) is 37.3 Å². The van der Waals surface area contributed by atoms with Crippen LogP contribution in [-0.2, 0) is 26.2 Å². The number of nitrogens with one attached hydrogen (secondary N) is 1. The lowest BCUT2D eigenvalue weighted by Gasteiger charge is -2.32. The van der Waals surface area contributed by atoms with Crippen molar-refractivity contribution in [2.75, 3.05) is 17.4 Å². The summed E-state index contributed by atoms with van der Waals surface area (Å²) >= 11 is 3.42. The Bertz CT molecular complexity index is 1370. The third-order valence-electron chi connectivity index (χ3n) is 6.22. The molecule has 7 nitrogen and oxygen atoms in total. The van der Waals surface area contributed by atoms with Crippen LogP contribution in [0, 0.1) is 19.8 Å². The monoisotopic (exact) mass is 613 g/mol. The maximum absolute atomic E-state index is 14.0. The van der Waals surface area contributed by atoms with Crippen LogP contribution >= 0.6 is 15.9 Å². The van der Waals surface area contributed by atoms with Crippen molar-refractivity contribution in [3.63, 3.8) is 0 Å². The van der Waals surface area contributed by atoms with Crippen LogP contribution in [-0.4, -0.2) is 44.3 Å². The highest BCUT2D eigenvalue weighted by atomic mass is 79.9. The Hall–Kier alpha value is -3.17. The second kappa shape index (κ2) is 13.3. The van der Waals surface area contributed by atoms with Gasteiger partial charge in [-0.2, -0.15) is 0 Å². The number of hydrogen-bond donors (Lipinski definition) is 1. The van der Waals surface area contributed by atoms with E-state index >= 15 is 0 Å². The highest BCUT2D eigenvalue weighted by Crippen LogP contribution is 2.26. The number of amides is 2. The lowest BCUT2D eigenvalue weighted by atomic mass is 10.1. The molecule has 208 valence electrons. The number of carbonyl (C=O) groups excluding carboxylic acids is 2. The Kier molecular flexibility index (Phi) is 10.3. The second-order valence-electron chi connectivity index (χ2n) is 10.1. The summed E-state index contributed by atoms with van der Waals surface area (Å²) in [5.74, 6) is -0.533. The Morgan fingerprint density at radius 1 is 0.897 bits per heavy atom. The minimum absolute atomic E-state index is 0.0825. The molecule has 0 heterocycles. The summed E-state index contributed by atoms with van der Waals surface area (Å²) < 4.78 is 29.7. The van der Waals surface area contributed by atoms with Crippen LogP contribution in [0.5, 0.6) is 0 Å². The molecular formula is C30H36BrN3O4S. The summed E-state index contributed by atoms with van der Waals surface area (Å²) in [6.45, 7) is 9.57. The van der Waals surface area contributed by atoms with Gasteiger partial charge >= 0.3 is 0 Å². The number of nitrogens with zero attached hydrogens (tertiary/aromatic N) is 2. The molecule has 3 rings (SSSR count). The van der Waals surface area contributed by atoms with Crippen molar-refractivity contribution in [1.82, 2.24) is 10.2 Å². The van der Waals surface area contributed by atoms with Crippen LogP contribution in [0.2, 0.25) is 0 Å². The van der Waals surface area contributed by atoms with Crippen molar-refractivity contribution in [1.29, 1.82) is 0 Å². The van der Waals surface area contributed by atoms with Gasteiger partial charge in [-0.3, -0.25) is 13.9 Å². The van der Waals surface area contributed by atoms with Crippen molar-refractivity contribution in [3.05, 3.63) is 94.0 Å². The Morgan fingerprint density at radius 3 is 2.05 bits per heavy atom. The number of sulfonamides is 1. The number of aryl methyl sites for hydroxylation is 2. The normalized spacial score (nSPS) is 12.2. The van der Waals surface area contributed by atoms with Crippen LogP contribution in [0.15, 0.2) is 82.2 Å². The zero-order chi connectivity index (χ0) is 28.7. The number of anilines is 1. The number of benzene rings is 3. The van der Waals surface area contributed by atoms with Crippen LogP contribution in [0.1, 0.15) is 37.5 Å². The van der Waals surface area contributed by atoms with E-state index in [0.717, 1.165) is 25.5 Å². The molecule has 9 heteroatoms. The SMILES string of the molecule is Cc1cc(C)cc(N(CC(=O)N(Cc2ccc(Br)cc2)C(C)C(=O)NCC(C)C)S(=O)(=O)c2ccccc2)c1. The smallest absolute Gasteiger partial charge is 0.264 e. The first-order valence-electron chi connectivity index (χ1n) is 12.9. The fraction of sp³-hybridized carbons (Fsp3) is 0.333. The first kappa shape index (κ1) is 30.4. The molecule has 0 bridgehead atoms. The van der Waals surface area contributed by atoms with E-state index in [4.69, 9.17) is 0 Å². The summed E-state index contributed by atoms with van der Waals surface area (Å²) in [7, 11) is -4.08. The van der Waals surface area contributed by atoms with Crippen molar-refractivity contribution in [3.8, 4) is 0 Å². The molecule has 0 spiro atoms. The number of rotatable bonds is 11. The fourth-order valence-corrected chi connectivity index (χ4v) is 5.85. The molecule has 39 heavy (non-hydrogen) atoms. The third kappa shape index (κ3) is 8.16. The summed E-state index contributed by atoms with van der Waals surface area (Å²) in [6, 6.07) is 20.1. The molecule has 0 aliphatic heterocycles. The van der Waals surface area contributed by atoms with E-state index in [2.05, 4.69) is 21.2 Å². The molecule has 1 atom stereocenters. The van der Waals surface area contributed by atoms with Crippen molar-refractivity contribution in [2.45, 2.75) is 52.1 Å². The van der Waals surface area contributed by atoms with Crippen molar-refractivity contribution >= 4 is 43.5 Å². The second-order valence-corrected chi connectivity index (χ2v) is 12.9. The molecule has 2 amide bonds. The van der Waals surface area contributed by atoms with Gasteiger partial charge < -0.3 is 10.2 Å². The summed E-state index contributed by atoms with van der Waals surface area (Å²) in [6.07, 6.45) is 0. The van der Waals surface area contributed by atoms with Gasteiger partial charge in [-0.15, -0.1) is 0 Å². The number of hydrogen-bond acceptors (Lipinski definition) is 4. The number of halogens is 1. The quantitative estimate of drug-likeness (QED) is 0.311. The molecule has 3 aromatic rings. The molecule has 3 aromatic carbocycles. The molecular weight excluding hydrogens is 578 g/mol. The predicted molar refractivity (Wildman–Crippen MR) is 159 cm³/mol. The minimum Gasteiger partial charge on any atom is -0.354 e. The first-order valence-corrected chi connectivity index (χ1v) is 15.1. The third-order valence-corrected chi connectivity index (χ3v) is 8.54. The van der Waals surface area contributed by atoms with Crippen LogP contribution in [0.4, 0.5) is 5.69 Å². The average Bonchev–Trinajstić information content (AvgIpc) is 2.89. The summed E-state index contributed by atoms with van der Waals surface area (Å²) in [5, 5.41) is 2.90. The lowest BCUT2D eigenvalue weighted by Crippen LogP contribution is -2.51. The van der Waals surface area contributed by atoms with E-state index in [1.165, 1.54) is 17.0 Å². The zero-order valence-electron chi connectivity index (χ0n) is 23.0. The molecule has 1 N–H and O–H groups in total. The van der Waals surface area contributed by atoms with Crippen molar-refractivity contribution < 1.29 is 18.0 Å². The largest absolute Gasteiger partial charge is 0.354 e. The van der Waals surface area contributed by atoms with Gasteiger partial charge in [0.1, 0.15) is 12.6 Å². The lowest BCUT2D eigenvalue weighted by molar-refractivity contribution is -0.139. The molecule has 0 aliphatic carbocycles. The molecule has 0 saturated heterocycles. The van der Waals surface area contributed by atoms with Gasteiger partial charge in [0.05, 0.1) is 10.6 Å². The van der Waals surface area contributed by atoms with E-state index in [0.29, 0.717) is 12.2 Å². The van der Waals surface area contributed by atoms with E-state index in [1.807, 2.05) is 58.0 Å². The Balaban J connectivity index is 2.03. The highest BCUT2D eigenvalue weighted by Gasteiger charge is 2.32. The summed E-state index contributed by atoms with van der Waals surface area (Å²) in [5.41, 5.74) is 2.96. The molecule has 0 aliphatic rings. The van der Waals surface area contributed by atoms with E-state index in [9.17, 15) is 18.0 Å². The zero-order valence-corrected chi connectivity index (χ0v) is 25.4. The van der Waals surface area contributed by atoms with Gasteiger partial charge in [0.15, 0.2) is 0 Å². The van der Waals surface area contributed by atoms with Crippen LogP contribution in [0.3, 0.4) is 0 Å². The Morgan fingerprint density at radius 2 is 1.49 bits per heavy atom. The highest BCUT2D eigenvalue weighted by molar-refractivity contribution is 9.10. The molecule has 1 unspecified atom stereocenters. The molecule has 0 fully saturated rings. The first-order chi connectivity index (χ1) is 18.4. The predicted octanol–water partition coefficient (Wildman–Crippen LogP) is 5.45. The van der Waals surface area contributed by atoms with E-state index in [-0.39, 0.29) is 23.3 Å². The maximum atomic E-state index is 14.0. The molecule has 0 radical (unpaired) electrons. The van der Waals surface area contributed by atoms with E-state index < -0.39 is 28.5 Å². The van der Waals surface area contributed by atoms with Gasteiger partial charge in [-0.05, 0) is 79.8 Å². The van der Waals surface area contributed by atoms with Crippen LogP contribution in [0.25, 0.3) is 0 Å². The Labute approximate surface area is 240 Å². The fourth-order valence-electron chi connectivity index (χ4n) is 4.16.